The topological polar surface area (TPSA) is 138 Å². The maximum Gasteiger partial charge on any atom is 0.490 e. The van der Waals surface area contributed by atoms with Crippen LogP contribution in [0.1, 0.15) is 34.5 Å². The number of alkyl halides is 5. The van der Waals surface area contributed by atoms with Crippen LogP contribution in [0.15, 0.2) is 54.6 Å². The van der Waals surface area contributed by atoms with E-state index in [4.69, 9.17) is 19.8 Å². The van der Waals surface area contributed by atoms with Crippen LogP contribution in [0.2, 0.25) is 0 Å². The Labute approximate surface area is 223 Å². The zero-order valence-corrected chi connectivity index (χ0v) is 20.8. The number of carbonyl (C=O) groups excluding carboxylic acids is 2. The number of carboxylic acids is 1. The van der Waals surface area contributed by atoms with Gasteiger partial charge < -0.3 is 15.2 Å². The highest BCUT2D eigenvalue weighted by molar-refractivity contribution is 5.95. The molecule has 0 unspecified atom stereocenters. The van der Waals surface area contributed by atoms with Crippen molar-refractivity contribution in [2.24, 2.45) is 5.92 Å². The molecule has 1 aliphatic carbocycles. The molecule has 214 valence electrons. The molecule has 3 aromatic rings. The largest absolute Gasteiger partial charge is 0.490 e. The third-order valence-corrected chi connectivity index (χ3v) is 5.97. The molecule has 2 atom stereocenters. The maximum absolute atomic E-state index is 13.8. The van der Waals surface area contributed by atoms with Crippen LogP contribution in [0.3, 0.4) is 0 Å². The molecule has 0 saturated heterocycles. The summed E-state index contributed by atoms with van der Waals surface area (Å²) < 4.78 is 65.1. The number of hydrogen-bond donors (Lipinski definition) is 4. The van der Waals surface area contributed by atoms with Crippen LogP contribution in [0.4, 0.5) is 22.0 Å². The molecule has 1 aliphatic rings. The van der Waals surface area contributed by atoms with Crippen molar-refractivity contribution >= 4 is 28.7 Å². The summed E-state index contributed by atoms with van der Waals surface area (Å²) in [7, 11) is 0. The van der Waals surface area contributed by atoms with E-state index in [1.807, 2.05) is 37.3 Å². The second kappa shape index (κ2) is 12.2. The molecule has 0 aliphatic heterocycles. The molecule has 2 amide bonds. The van der Waals surface area contributed by atoms with Crippen molar-refractivity contribution in [3.63, 3.8) is 0 Å². The number of benzene rings is 2. The number of pyridine rings is 1. The molecule has 4 N–H and O–H groups in total. The number of carboxylic acid groups (broad SMARTS) is 1. The number of hydroxylamine groups is 1. The van der Waals surface area contributed by atoms with Crippen LogP contribution >= 0.6 is 0 Å². The summed E-state index contributed by atoms with van der Waals surface area (Å²) >= 11 is 0. The van der Waals surface area contributed by atoms with Gasteiger partial charge in [-0.15, -0.1) is 0 Å². The molecule has 1 fully saturated rings. The quantitative estimate of drug-likeness (QED) is 0.196. The standard InChI is InChI=1S/C24H23F2N3O4.C2HF3O2/c1-14-10-16(18-4-2-3-5-20(18)27-14)13-33-17-8-6-15(7-9-17)22(30)28-21-12-24(25,26)11-19(21)23(31)29-32;3-2(4,5)1(6)7/h2-10,19,21,32H,11-13H2,1H3,(H,28,30)(H,29,31);(H,6,7)/t19-,21+;/m0./s1. The first-order chi connectivity index (χ1) is 18.7. The second-order valence-corrected chi connectivity index (χ2v) is 8.98. The van der Waals surface area contributed by atoms with Gasteiger partial charge in [-0.05, 0) is 43.3 Å². The third-order valence-electron chi connectivity index (χ3n) is 5.97. The molecule has 4 rings (SSSR count). The Morgan fingerprint density at radius 2 is 1.70 bits per heavy atom. The average molecular weight is 569 g/mol. The zero-order chi connectivity index (χ0) is 29.7. The lowest BCUT2D eigenvalue weighted by molar-refractivity contribution is -0.192. The molecule has 0 spiro atoms. The van der Waals surface area contributed by atoms with Gasteiger partial charge in [0, 0.05) is 41.1 Å². The molecule has 1 saturated carbocycles. The number of aromatic nitrogens is 1. The minimum atomic E-state index is -5.08. The Hall–Kier alpha value is -4.33. The summed E-state index contributed by atoms with van der Waals surface area (Å²) in [5.74, 6) is -8.06. The number of nitrogens with zero attached hydrogens (tertiary/aromatic N) is 1. The van der Waals surface area contributed by atoms with Crippen LogP contribution < -0.4 is 15.5 Å². The van der Waals surface area contributed by atoms with E-state index in [2.05, 4.69) is 10.3 Å². The number of halogens is 5. The predicted molar refractivity (Wildman–Crippen MR) is 130 cm³/mol. The van der Waals surface area contributed by atoms with E-state index >= 15 is 0 Å². The molecule has 0 radical (unpaired) electrons. The number of hydrogen-bond acceptors (Lipinski definition) is 6. The van der Waals surface area contributed by atoms with Crippen molar-refractivity contribution in [1.29, 1.82) is 0 Å². The lowest BCUT2D eigenvalue weighted by Crippen LogP contribution is -2.43. The highest BCUT2D eigenvalue weighted by Crippen LogP contribution is 2.39. The Kier molecular flexibility index (Phi) is 9.24. The smallest absolute Gasteiger partial charge is 0.489 e. The van der Waals surface area contributed by atoms with Gasteiger partial charge in [0.15, 0.2) is 0 Å². The highest BCUT2D eigenvalue weighted by Gasteiger charge is 2.50. The number of para-hydroxylation sites is 1. The van der Waals surface area contributed by atoms with Gasteiger partial charge in [-0.2, -0.15) is 13.2 Å². The zero-order valence-electron chi connectivity index (χ0n) is 20.8. The summed E-state index contributed by atoms with van der Waals surface area (Å²) in [5, 5.41) is 19.4. The van der Waals surface area contributed by atoms with E-state index in [-0.39, 0.29) is 5.56 Å². The van der Waals surface area contributed by atoms with Crippen molar-refractivity contribution in [3.05, 3.63) is 71.4 Å². The molecule has 40 heavy (non-hydrogen) atoms. The SMILES string of the molecule is Cc1cc(COc2ccc(C(=O)N[C@@H]3CC(F)(F)C[C@@H]3C(=O)NO)cc2)c2ccccc2n1.O=C(O)C(F)(F)F. The van der Waals surface area contributed by atoms with E-state index in [0.29, 0.717) is 12.4 Å². The maximum atomic E-state index is 13.8. The number of aliphatic carboxylic acids is 1. The van der Waals surface area contributed by atoms with Crippen LogP contribution in [0, 0.1) is 12.8 Å². The molecule has 2 aromatic carbocycles. The number of ether oxygens (including phenoxy) is 1. The van der Waals surface area contributed by atoms with Crippen LogP contribution in [-0.4, -0.2) is 51.2 Å². The van der Waals surface area contributed by atoms with Crippen molar-refractivity contribution in [3.8, 4) is 5.75 Å². The first-order valence-electron chi connectivity index (χ1n) is 11.7. The van der Waals surface area contributed by atoms with Crippen LogP contribution in [-0.2, 0) is 16.2 Å². The minimum absolute atomic E-state index is 0.242. The number of amides is 2. The highest BCUT2D eigenvalue weighted by atomic mass is 19.4. The molecule has 14 heteroatoms. The van der Waals surface area contributed by atoms with Gasteiger partial charge in [0.25, 0.3) is 11.8 Å². The predicted octanol–water partition coefficient (Wildman–Crippen LogP) is 4.40. The molecular formula is C26H24F5N3O6. The number of carbonyl (C=O) groups is 3. The average Bonchev–Trinajstić information content (AvgIpc) is 3.20. The van der Waals surface area contributed by atoms with Crippen molar-refractivity contribution < 1.29 is 51.4 Å². The summed E-state index contributed by atoms with van der Waals surface area (Å²) in [6, 6.07) is 14.9. The third kappa shape index (κ3) is 7.85. The molecule has 0 bridgehead atoms. The van der Waals surface area contributed by atoms with E-state index in [9.17, 15) is 31.5 Å². The van der Waals surface area contributed by atoms with Gasteiger partial charge in [-0.3, -0.25) is 19.8 Å². The van der Waals surface area contributed by atoms with E-state index in [0.717, 1.165) is 22.2 Å². The summed E-state index contributed by atoms with van der Waals surface area (Å²) in [5.41, 5.74) is 4.38. The number of fused-ring (bicyclic) bond motifs is 1. The Bertz CT molecular complexity index is 1380. The fourth-order valence-corrected chi connectivity index (χ4v) is 4.15. The molecule has 1 heterocycles. The Balaban J connectivity index is 0.000000559. The van der Waals surface area contributed by atoms with Gasteiger partial charge in [0.2, 0.25) is 5.91 Å². The van der Waals surface area contributed by atoms with Crippen molar-refractivity contribution in [2.45, 2.75) is 44.5 Å². The van der Waals surface area contributed by atoms with Crippen LogP contribution in [0.5, 0.6) is 5.75 Å². The van der Waals surface area contributed by atoms with Crippen molar-refractivity contribution in [2.75, 3.05) is 0 Å². The van der Waals surface area contributed by atoms with E-state index in [1.165, 1.54) is 17.6 Å². The van der Waals surface area contributed by atoms with E-state index in [1.54, 1.807) is 12.1 Å². The summed E-state index contributed by atoms with van der Waals surface area (Å²) in [6.07, 6.45) is -6.49. The fourth-order valence-electron chi connectivity index (χ4n) is 4.15. The van der Waals surface area contributed by atoms with E-state index < -0.39 is 54.7 Å². The summed E-state index contributed by atoms with van der Waals surface area (Å²) in [4.78, 5) is 37.7. The Morgan fingerprint density at radius 3 is 2.30 bits per heavy atom. The first kappa shape index (κ1) is 30.2. The Morgan fingerprint density at radius 1 is 1.07 bits per heavy atom. The molecule has 9 nitrogen and oxygen atoms in total. The molecule has 1 aromatic heterocycles. The van der Waals surface area contributed by atoms with Gasteiger partial charge in [-0.1, -0.05) is 18.2 Å². The lowest BCUT2D eigenvalue weighted by atomic mass is 10.0. The van der Waals surface area contributed by atoms with Gasteiger partial charge >= 0.3 is 12.1 Å². The van der Waals surface area contributed by atoms with Crippen molar-refractivity contribution in [1.82, 2.24) is 15.8 Å². The van der Waals surface area contributed by atoms with Gasteiger partial charge in [0.1, 0.15) is 12.4 Å². The number of aryl methyl sites for hydroxylation is 1. The second-order valence-electron chi connectivity index (χ2n) is 8.98. The first-order valence-corrected chi connectivity index (χ1v) is 11.7. The fraction of sp³-hybridized carbons (Fsp3) is 0.308. The van der Waals surface area contributed by atoms with Gasteiger partial charge in [0.05, 0.1) is 11.4 Å². The normalized spacial score (nSPS) is 17.9. The monoisotopic (exact) mass is 569 g/mol. The van der Waals surface area contributed by atoms with Gasteiger partial charge in [-0.25, -0.2) is 19.1 Å². The number of nitrogens with one attached hydrogen (secondary N) is 2. The molecular weight excluding hydrogens is 545 g/mol. The summed E-state index contributed by atoms with van der Waals surface area (Å²) in [6.45, 7) is 2.23. The van der Waals surface area contributed by atoms with Crippen LogP contribution in [0.25, 0.3) is 10.9 Å². The lowest BCUT2D eigenvalue weighted by Gasteiger charge is -2.18. The number of rotatable bonds is 6. The minimum Gasteiger partial charge on any atom is -0.489 e.